The Hall–Kier alpha value is -4.04. The number of rotatable bonds is 5. The molecule has 1 fully saturated rings. The van der Waals surface area contributed by atoms with Crippen LogP contribution in [-0.2, 0) is 12.3 Å². The largest absolute Gasteiger partial charge is 0.465 e. The number of aromatic nitrogens is 1. The molecule has 2 unspecified atom stereocenters. The van der Waals surface area contributed by atoms with Gasteiger partial charge >= 0.3 is 6.09 Å². The van der Waals surface area contributed by atoms with Gasteiger partial charge in [0.15, 0.2) is 5.72 Å². The molecule has 2 aromatic carbocycles. The quantitative estimate of drug-likeness (QED) is 0.436. The smallest absolute Gasteiger partial charge is 0.407 e. The van der Waals surface area contributed by atoms with Crippen molar-refractivity contribution in [1.29, 1.82) is 5.26 Å². The summed E-state index contributed by atoms with van der Waals surface area (Å²) >= 11 is 6.04. The molecule has 2 aliphatic heterocycles. The maximum absolute atomic E-state index is 15.9. The van der Waals surface area contributed by atoms with Gasteiger partial charge in [-0.25, -0.2) is 9.18 Å². The number of pyridine rings is 1. The van der Waals surface area contributed by atoms with Crippen LogP contribution < -0.4 is 0 Å². The fourth-order valence-corrected chi connectivity index (χ4v) is 5.47. The van der Waals surface area contributed by atoms with Crippen LogP contribution in [0.4, 0.5) is 9.18 Å². The summed E-state index contributed by atoms with van der Waals surface area (Å²) in [5.74, 6) is -1.86. The zero-order valence-corrected chi connectivity index (χ0v) is 21.3. The third kappa shape index (κ3) is 4.69. The van der Waals surface area contributed by atoms with E-state index in [1.807, 2.05) is 6.07 Å². The van der Waals surface area contributed by atoms with Gasteiger partial charge in [-0.2, -0.15) is 5.26 Å². The molecule has 39 heavy (non-hydrogen) atoms. The highest BCUT2D eigenvalue weighted by Gasteiger charge is 2.52. The third-order valence-electron chi connectivity index (χ3n) is 7.45. The Bertz CT molecular complexity index is 1470. The van der Waals surface area contributed by atoms with Gasteiger partial charge in [0.25, 0.3) is 5.91 Å². The van der Waals surface area contributed by atoms with E-state index in [4.69, 9.17) is 16.9 Å². The summed E-state index contributed by atoms with van der Waals surface area (Å²) < 4.78 is 15.9. The van der Waals surface area contributed by atoms with E-state index in [9.17, 15) is 24.9 Å². The Morgan fingerprint density at radius 1 is 1.21 bits per heavy atom. The van der Waals surface area contributed by atoms with E-state index in [0.717, 1.165) is 11.0 Å². The Balaban J connectivity index is 1.54. The lowest BCUT2D eigenvalue weighted by Crippen LogP contribution is -2.44. The fraction of sp³-hybridized carbons (Fsp3) is 0.286. The van der Waals surface area contributed by atoms with Gasteiger partial charge in [-0.15, -0.1) is 0 Å². The summed E-state index contributed by atoms with van der Waals surface area (Å²) in [4.78, 5) is 31.5. The van der Waals surface area contributed by atoms with E-state index in [2.05, 4.69) is 4.98 Å². The van der Waals surface area contributed by atoms with Gasteiger partial charge in [0.05, 0.1) is 35.0 Å². The van der Waals surface area contributed by atoms with Crippen molar-refractivity contribution in [2.75, 3.05) is 13.1 Å². The lowest BCUT2D eigenvalue weighted by molar-refractivity contribution is -0.0567. The Morgan fingerprint density at radius 2 is 1.90 bits per heavy atom. The highest BCUT2D eigenvalue weighted by molar-refractivity contribution is 6.30. The molecule has 2 aliphatic rings. The van der Waals surface area contributed by atoms with E-state index in [0.29, 0.717) is 29.1 Å². The minimum atomic E-state index is -2.20. The van der Waals surface area contributed by atoms with Gasteiger partial charge in [0.1, 0.15) is 11.9 Å². The number of piperidine rings is 1. The Kier molecular flexibility index (Phi) is 6.99. The van der Waals surface area contributed by atoms with Crippen molar-refractivity contribution in [3.05, 3.63) is 99.1 Å². The van der Waals surface area contributed by atoms with Gasteiger partial charge in [0, 0.05) is 29.9 Å². The third-order valence-corrected chi connectivity index (χ3v) is 7.70. The van der Waals surface area contributed by atoms with Crippen molar-refractivity contribution in [1.82, 2.24) is 14.8 Å². The molecule has 11 heteroatoms. The topological polar surface area (TPSA) is 138 Å². The summed E-state index contributed by atoms with van der Waals surface area (Å²) in [6, 6.07) is 13.6. The van der Waals surface area contributed by atoms with Crippen molar-refractivity contribution < 1.29 is 29.3 Å². The molecular formula is C28H24ClFN4O5. The van der Waals surface area contributed by atoms with Crippen LogP contribution in [0.5, 0.6) is 0 Å². The maximum Gasteiger partial charge on any atom is 0.407 e. The van der Waals surface area contributed by atoms with Crippen molar-refractivity contribution in [2.45, 2.75) is 31.2 Å². The number of aliphatic hydroxyl groups is 2. The van der Waals surface area contributed by atoms with Gasteiger partial charge in [-0.05, 0) is 60.7 Å². The molecule has 3 N–H and O–H groups in total. The molecule has 3 aromatic rings. The van der Waals surface area contributed by atoms with Crippen LogP contribution in [-0.4, -0.2) is 55.2 Å². The molecular weight excluding hydrogens is 527 g/mol. The van der Waals surface area contributed by atoms with Crippen LogP contribution in [0.15, 0.2) is 54.7 Å². The first kappa shape index (κ1) is 26.6. The number of carboxylic acid groups (broad SMARTS) is 1. The molecule has 0 saturated carbocycles. The van der Waals surface area contributed by atoms with Gasteiger partial charge in [-0.3, -0.25) is 14.7 Å². The molecule has 1 aromatic heterocycles. The molecule has 0 radical (unpaired) electrons. The fourth-order valence-electron chi connectivity index (χ4n) is 5.34. The standard InChI is InChI=1S/C28H24ClFN4O5/c29-20-4-2-19(3-5-20)28(39)24-22(26(36)34(28)15-21-6-1-16(13-31)14-32-21)11-18(12-23(24)30)25(35)17-7-9-33(10-8-17)27(37)38/h1-6,11-12,14,17,25,35,39H,7-10,15H2,(H,37,38). The number of nitriles is 1. The molecule has 0 spiro atoms. The highest BCUT2D eigenvalue weighted by Crippen LogP contribution is 2.46. The second-order valence-electron chi connectivity index (χ2n) is 9.70. The normalized spacial score (nSPS) is 20.0. The molecule has 200 valence electrons. The molecule has 1 saturated heterocycles. The lowest BCUT2D eigenvalue weighted by Gasteiger charge is -2.35. The molecule has 2 amide bonds. The predicted molar refractivity (Wildman–Crippen MR) is 137 cm³/mol. The number of carbonyl (C=O) groups is 2. The summed E-state index contributed by atoms with van der Waals surface area (Å²) in [5.41, 5.74) is -1.48. The SMILES string of the molecule is N#Cc1ccc(CN2C(=O)c3cc(C(O)C4CCN(C(=O)O)CC4)cc(F)c3C2(O)c2ccc(Cl)cc2)nc1. The minimum absolute atomic E-state index is 0.0990. The van der Waals surface area contributed by atoms with Gasteiger partial charge in [0.2, 0.25) is 0 Å². The minimum Gasteiger partial charge on any atom is -0.465 e. The first-order valence-corrected chi connectivity index (χ1v) is 12.7. The van der Waals surface area contributed by atoms with Crippen LogP contribution in [0.25, 0.3) is 0 Å². The average molecular weight is 551 g/mol. The van der Waals surface area contributed by atoms with Gasteiger partial charge in [-0.1, -0.05) is 23.7 Å². The number of hydrogen-bond donors (Lipinski definition) is 3. The summed E-state index contributed by atoms with van der Waals surface area (Å²) in [6.07, 6.45) is -0.0621. The summed E-state index contributed by atoms with van der Waals surface area (Å²) in [6.45, 7) is 0.291. The molecule has 0 aliphatic carbocycles. The van der Waals surface area contributed by atoms with Crippen molar-refractivity contribution in [3.8, 4) is 6.07 Å². The number of amides is 2. The number of halogens is 2. The van der Waals surface area contributed by atoms with Crippen LogP contribution in [0, 0.1) is 23.1 Å². The second kappa shape index (κ2) is 10.3. The number of carbonyl (C=O) groups excluding carboxylic acids is 1. The number of benzene rings is 2. The second-order valence-corrected chi connectivity index (χ2v) is 10.1. The number of hydrogen-bond acceptors (Lipinski definition) is 6. The van der Waals surface area contributed by atoms with Gasteiger partial charge < -0.3 is 20.2 Å². The first-order chi connectivity index (χ1) is 18.6. The van der Waals surface area contributed by atoms with Crippen LogP contribution >= 0.6 is 11.6 Å². The molecule has 5 rings (SSSR count). The zero-order valence-electron chi connectivity index (χ0n) is 20.6. The lowest BCUT2D eigenvalue weighted by atomic mass is 9.85. The summed E-state index contributed by atoms with van der Waals surface area (Å²) in [5, 5.41) is 41.8. The predicted octanol–water partition coefficient (Wildman–Crippen LogP) is 4.02. The highest BCUT2D eigenvalue weighted by atomic mass is 35.5. The molecule has 3 heterocycles. The van der Waals surface area contributed by atoms with Crippen LogP contribution in [0.2, 0.25) is 5.02 Å². The first-order valence-electron chi connectivity index (χ1n) is 12.3. The molecule has 0 bridgehead atoms. The van der Waals surface area contributed by atoms with E-state index in [1.54, 1.807) is 6.07 Å². The van der Waals surface area contributed by atoms with Crippen LogP contribution in [0.1, 0.15) is 57.3 Å². The number of likely N-dealkylation sites (tertiary alicyclic amines) is 1. The van der Waals surface area contributed by atoms with Crippen molar-refractivity contribution in [2.24, 2.45) is 5.92 Å². The van der Waals surface area contributed by atoms with E-state index in [-0.39, 0.29) is 47.8 Å². The van der Waals surface area contributed by atoms with Crippen LogP contribution in [0.3, 0.4) is 0 Å². The number of aliphatic hydroxyl groups excluding tert-OH is 1. The van der Waals surface area contributed by atoms with Crippen molar-refractivity contribution in [3.63, 3.8) is 0 Å². The van der Waals surface area contributed by atoms with Crippen molar-refractivity contribution >= 4 is 23.6 Å². The number of nitrogens with zero attached hydrogens (tertiary/aromatic N) is 4. The van der Waals surface area contributed by atoms with E-state index in [1.165, 1.54) is 47.5 Å². The van der Waals surface area contributed by atoms with E-state index >= 15 is 4.39 Å². The van der Waals surface area contributed by atoms with E-state index < -0.39 is 29.6 Å². The Labute approximate surface area is 228 Å². The average Bonchev–Trinajstić information content (AvgIpc) is 3.16. The molecule has 2 atom stereocenters. The monoisotopic (exact) mass is 550 g/mol. The maximum atomic E-state index is 15.9. The Morgan fingerprint density at radius 3 is 2.49 bits per heavy atom. The number of fused-ring (bicyclic) bond motifs is 1. The summed E-state index contributed by atoms with van der Waals surface area (Å²) in [7, 11) is 0. The molecule has 9 nitrogen and oxygen atoms in total. The zero-order chi connectivity index (χ0) is 27.9.